The third-order valence-corrected chi connectivity index (χ3v) is 12.8. The van der Waals surface area contributed by atoms with Gasteiger partial charge in [0.2, 0.25) is 0 Å². The summed E-state index contributed by atoms with van der Waals surface area (Å²) in [5.74, 6) is 2.32. The molecule has 2 N–H and O–H groups in total. The fraction of sp³-hybridized carbons (Fsp3) is 0.417. The Labute approximate surface area is 312 Å². The summed E-state index contributed by atoms with van der Waals surface area (Å²) in [6.45, 7) is 11.9. The molecule has 272 valence electrons. The Hall–Kier alpha value is -3.96. The molecule has 6 aliphatic rings. The van der Waals surface area contributed by atoms with Gasteiger partial charge in [-0.2, -0.15) is 0 Å². The molecule has 0 spiro atoms. The van der Waals surface area contributed by atoms with Crippen molar-refractivity contribution in [3.05, 3.63) is 132 Å². The highest BCUT2D eigenvalue weighted by Crippen LogP contribution is 2.47. The number of aromatic nitrogens is 1. The van der Waals surface area contributed by atoms with Gasteiger partial charge in [0.1, 0.15) is 0 Å². The van der Waals surface area contributed by atoms with Crippen LogP contribution < -0.4 is 0 Å². The van der Waals surface area contributed by atoms with E-state index in [9.17, 15) is 5.11 Å². The molecule has 5 heterocycles. The van der Waals surface area contributed by atoms with E-state index in [-0.39, 0.29) is 14.0 Å². The normalized spacial score (nSPS) is 26.4. The van der Waals surface area contributed by atoms with E-state index in [1.54, 1.807) is 0 Å². The van der Waals surface area contributed by atoms with Crippen LogP contribution >= 0.6 is 0 Å². The molecule has 4 aromatic carbocycles. The van der Waals surface area contributed by atoms with E-state index in [1.165, 1.54) is 82.8 Å². The lowest BCUT2D eigenvalue weighted by molar-refractivity contribution is 0.0109. The molecule has 0 saturated carbocycles. The largest absolute Gasteiger partial charge is 0.392 e. The van der Waals surface area contributed by atoms with Gasteiger partial charge in [0, 0.05) is 49.2 Å². The number of aliphatic hydroxyl groups excluding tert-OH is 1. The molecule has 4 heteroatoms. The maximum Gasteiger partial charge on any atom is 0.0682 e. The molecule has 0 radical (unpaired) electrons. The lowest BCUT2D eigenvalue weighted by Gasteiger charge is -2.52. The number of para-hydroxylation sites is 1. The van der Waals surface area contributed by atoms with Gasteiger partial charge >= 0.3 is 0 Å². The highest BCUT2D eigenvalue weighted by Gasteiger charge is 2.44. The molecular formula is C48H59N3O. The maximum atomic E-state index is 9.26. The van der Waals surface area contributed by atoms with Crippen LogP contribution in [0.3, 0.4) is 0 Å². The second-order valence-corrected chi connectivity index (χ2v) is 16.1. The Kier molecular flexibility index (Phi) is 10.9. The van der Waals surface area contributed by atoms with E-state index < -0.39 is 0 Å². The van der Waals surface area contributed by atoms with Crippen molar-refractivity contribution in [2.45, 2.75) is 85.5 Å². The monoisotopic (exact) mass is 693 g/mol. The highest BCUT2D eigenvalue weighted by molar-refractivity contribution is 5.90. The van der Waals surface area contributed by atoms with Crippen molar-refractivity contribution in [1.29, 1.82) is 0 Å². The van der Waals surface area contributed by atoms with Crippen LogP contribution in [0.25, 0.3) is 32.9 Å². The summed E-state index contributed by atoms with van der Waals surface area (Å²) in [5.41, 5.74) is 8.03. The fourth-order valence-electron chi connectivity index (χ4n) is 9.85. The summed E-state index contributed by atoms with van der Waals surface area (Å²) in [7, 11) is 0. The maximum absolute atomic E-state index is 9.26. The minimum atomic E-state index is 0. The van der Waals surface area contributed by atoms with Crippen molar-refractivity contribution in [3.63, 3.8) is 0 Å². The molecule has 2 fully saturated rings. The summed E-state index contributed by atoms with van der Waals surface area (Å²) in [4.78, 5) is 9.12. The Morgan fingerprint density at radius 2 is 1.50 bits per heavy atom. The Morgan fingerprint density at radius 3 is 2.23 bits per heavy atom. The number of aliphatic hydroxyl groups is 1. The average molecular weight is 694 g/mol. The van der Waals surface area contributed by atoms with Crippen molar-refractivity contribution in [2.24, 2.45) is 23.2 Å². The van der Waals surface area contributed by atoms with Crippen molar-refractivity contribution < 1.29 is 5.11 Å². The molecule has 0 amide bonds. The van der Waals surface area contributed by atoms with Crippen LogP contribution in [0.5, 0.6) is 0 Å². The number of piperidine rings is 2. The van der Waals surface area contributed by atoms with Crippen LogP contribution in [-0.2, 0) is 19.6 Å². The van der Waals surface area contributed by atoms with Crippen molar-refractivity contribution in [2.75, 3.05) is 19.6 Å². The SMILES string of the molecule is C.CCC1(C)CC2C=CC1N(Cc1c(-c3ccccc3)[nH]c3ccccc13)C2.CCC1CC2C=CC1N(CCc1ccc3cc(CO)ccc3c1)C2. The van der Waals surface area contributed by atoms with E-state index >= 15 is 0 Å². The lowest BCUT2D eigenvalue weighted by atomic mass is 9.65. The number of nitrogens with zero attached hydrogens (tertiary/aromatic N) is 2. The molecule has 6 atom stereocenters. The highest BCUT2D eigenvalue weighted by atomic mass is 16.3. The van der Waals surface area contributed by atoms with E-state index in [2.05, 4.69) is 145 Å². The van der Waals surface area contributed by atoms with Crippen LogP contribution in [0.2, 0.25) is 0 Å². The van der Waals surface area contributed by atoms with Gasteiger partial charge in [0.25, 0.3) is 0 Å². The second kappa shape index (κ2) is 15.6. The molecular weight excluding hydrogens is 635 g/mol. The predicted molar refractivity (Wildman–Crippen MR) is 220 cm³/mol. The zero-order valence-electron chi connectivity index (χ0n) is 30.8. The minimum absolute atomic E-state index is 0. The standard InChI is InChI=1S/C25H28N2.C22H27NO.CH4/c1-3-25(2)15-18-13-14-23(25)27(16-18)17-21-20-11-7-8-12-22(20)26-24(21)19-9-5-4-6-10-19;1-2-19-12-17-5-8-22(19)23(14-17)10-9-16-3-6-21-13-18(15-24)4-7-20(21)11-16;/h4-14,18,23,26H,3,15-17H2,1-2H3;3-8,11,13,17,19,22,24H,2,9-10,12,14-15H2,1H3;1H4. The van der Waals surface area contributed by atoms with Gasteiger partial charge in [0.15, 0.2) is 0 Å². The van der Waals surface area contributed by atoms with E-state index in [1.807, 2.05) is 6.07 Å². The van der Waals surface area contributed by atoms with Gasteiger partial charge in [-0.1, -0.05) is 138 Å². The number of hydrogen-bond acceptors (Lipinski definition) is 3. The van der Waals surface area contributed by atoms with Crippen LogP contribution in [0.4, 0.5) is 0 Å². The van der Waals surface area contributed by atoms with E-state index in [0.717, 1.165) is 36.9 Å². The molecule has 2 saturated heterocycles. The Morgan fingerprint density at radius 1 is 0.788 bits per heavy atom. The predicted octanol–water partition coefficient (Wildman–Crippen LogP) is 10.8. The van der Waals surface area contributed by atoms with Gasteiger partial charge in [-0.25, -0.2) is 0 Å². The Balaban J connectivity index is 0.000000160. The van der Waals surface area contributed by atoms with E-state index in [0.29, 0.717) is 23.4 Å². The number of nitrogens with one attached hydrogen (secondary N) is 1. The average Bonchev–Trinajstić information content (AvgIpc) is 3.55. The lowest BCUT2D eigenvalue weighted by Crippen LogP contribution is -2.54. The first kappa shape index (κ1) is 36.4. The summed E-state index contributed by atoms with van der Waals surface area (Å²) in [6.07, 6.45) is 16.2. The van der Waals surface area contributed by atoms with Crippen LogP contribution in [0.15, 0.2) is 115 Å². The molecule has 11 rings (SSSR count). The Bertz CT molecular complexity index is 2030. The molecule has 2 aliphatic carbocycles. The first-order valence-electron chi connectivity index (χ1n) is 19.6. The van der Waals surface area contributed by atoms with Crippen LogP contribution in [0.1, 0.15) is 70.6 Å². The smallest absolute Gasteiger partial charge is 0.0682 e. The number of hydrogen-bond donors (Lipinski definition) is 2. The number of H-pyrrole nitrogens is 1. The zero-order chi connectivity index (χ0) is 35.0. The van der Waals surface area contributed by atoms with Gasteiger partial charge in [0.05, 0.1) is 12.3 Å². The first-order valence-corrected chi connectivity index (χ1v) is 19.6. The van der Waals surface area contributed by atoms with Gasteiger partial charge in [-0.3, -0.25) is 9.80 Å². The molecule has 52 heavy (non-hydrogen) atoms. The summed E-state index contributed by atoms with van der Waals surface area (Å²) in [5, 5.41) is 13.1. The summed E-state index contributed by atoms with van der Waals surface area (Å²) >= 11 is 0. The number of aromatic amines is 1. The summed E-state index contributed by atoms with van der Waals surface area (Å²) in [6, 6.07) is 33.7. The van der Waals surface area contributed by atoms with Crippen LogP contribution in [0, 0.1) is 23.2 Å². The summed E-state index contributed by atoms with van der Waals surface area (Å²) < 4.78 is 0. The second-order valence-electron chi connectivity index (χ2n) is 16.1. The molecule has 4 aliphatic heterocycles. The van der Waals surface area contributed by atoms with Gasteiger partial charge < -0.3 is 10.1 Å². The third kappa shape index (κ3) is 7.18. The topological polar surface area (TPSA) is 42.5 Å². The van der Waals surface area contributed by atoms with Crippen LogP contribution in [-0.4, -0.2) is 51.6 Å². The van der Waals surface area contributed by atoms with Gasteiger partial charge in [-0.15, -0.1) is 0 Å². The number of benzene rings is 4. The van der Waals surface area contributed by atoms with E-state index in [4.69, 9.17) is 0 Å². The molecule has 4 bridgehead atoms. The molecule has 6 unspecified atom stereocenters. The molecule has 5 aromatic rings. The number of fused-ring (bicyclic) bond motifs is 6. The zero-order valence-corrected chi connectivity index (χ0v) is 30.8. The molecule has 1 aromatic heterocycles. The van der Waals surface area contributed by atoms with Crippen molar-refractivity contribution in [1.82, 2.24) is 14.8 Å². The molecule has 4 nitrogen and oxygen atoms in total. The fourth-order valence-corrected chi connectivity index (χ4v) is 9.85. The van der Waals surface area contributed by atoms with Gasteiger partial charge in [-0.05, 0) is 94.0 Å². The first-order chi connectivity index (χ1) is 24.9. The minimum Gasteiger partial charge on any atom is -0.392 e. The quantitative estimate of drug-likeness (QED) is 0.151. The third-order valence-electron chi connectivity index (χ3n) is 12.8. The van der Waals surface area contributed by atoms with Crippen molar-refractivity contribution in [3.8, 4) is 11.3 Å². The number of rotatable bonds is 9. The van der Waals surface area contributed by atoms with Crippen molar-refractivity contribution >= 4 is 21.7 Å².